The maximum absolute atomic E-state index is 11.7. The lowest BCUT2D eigenvalue weighted by Crippen LogP contribution is -2.36. The van der Waals surface area contributed by atoms with Crippen LogP contribution in [0.1, 0.15) is 19.4 Å². The van der Waals surface area contributed by atoms with Gasteiger partial charge < -0.3 is 20.7 Å². The largest absolute Gasteiger partial charge is 0.484 e. The number of thiocarbonyl (C=S) groups is 1. The molecule has 21 heavy (non-hydrogen) atoms. The van der Waals surface area contributed by atoms with E-state index in [2.05, 4.69) is 24.1 Å². The molecule has 1 amide bonds. The average Bonchev–Trinajstić information content (AvgIpc) is 2.50. The van der Waals surface area contributed by atoms with E-state index < -0.39 is 0 Å². The zero-order chi connectivity index (χ0) is 15.7. The van der Waals surface area contributed by atoms with Gasteiger partial charge in [0, 0.05) is 18.7 Å². The molecule has 0 aliphatic rings. The summed E-state index contributed by atoms with van der Waals surface area (Å²) in [5, 5.41) is 2.84. The monoisotopic (exact) mass is 309 g/mol. The van der Waals surface area contributed by atoms with Crippen LogP contribution >= 0.6 is 12.2 Å². The van der Waals surface area contributed by atoms with Crippen molar-refractivity contribution in [2.24, 2.45) is 5.73 Å². The molecule has 0 aliphatic heterocycles. The molecule has 1 aromatic carbocycles. The number of likely N-dealkylation sites (N-methyl/N-ethyl adjacent to an activating group) is 1. The summed E-state index contributed by atoms with van der Waals surface area (Å²) in [6.07, 6.45) is 0. The Kier molecular flexibility index (Phi) is 7.71. The fraction of sp³-hybridized carbons (Fsp3) is 0.467. The predicted octanol–water partition coefficient (Wildman–Crippen LogP) is 1.16. The van der Waals surface area contributed by atoms with Gasteiger partial charge in [-0.15, -0.1) is 0 Å². The highest BCUT2D eigenvalue weighted by Gasteiger charge is 2.04. The lowest BCUT2D eigenvalue weighted by atomic mass is 10.2. The third-order valence-electron chi connectivity index (χ3n) is 3.15. The molecule has 5 nitrogen and oxygen atoms in total. The summed E-state index contributed by atoms with van der Waals surface area (Å²) in [6, 6.07) is 7.04. The van der Waals surface area contributed by atoms with E-state index in [1.165, 1.54) is 0 Å². The molecule has 0 radical (unpaired) electrons. The number of nitrogens with one attached hydrogen (secondary N) is 1. The quantitative estimate of drug-likeness (QED) is 0.670. The van der Waals surface area contributed by atoms with Gasteiger partial charge in [0.15, 0.2) is 6.61 Å². The lowest BCUT2D eigenvalue weighted by Gasteiger charge is -2.17. The third-order valence-corrected chi connectivity index (χ3v) is 3.39. The molecule has 0 fully saturated rings. The van der Waals surface area contributed by atoms with Crippen LogP contribution in [0.2, 0.25) is 0 Å². The van der Waals surface area contributed by atoms with Crippen molar-refractivity contribution in [2.75, 3.05) is 32.8 Å². The van der Waals surface area contributed by atoms with Crippen LogP contribution in [-0.4, -0.2) is 48.6 Å². The molecule has 0 bridgehead atoms. The second kappa shape index (κ2) is 9.31. The highest BCUT2D eigenvalue weighted by atomic mass is 32.1. The Morgan fingerprint density at radius 1 is 1.29 bits per heavy atom. The van der Waals surface area contributed by atoms with Crippen LogP contribution < -0.4 is 15.8 Å². The van der Waals surface area contributed by atoms with Crippen molar-refractivity contribution in [2.45, 2.75) is 13.8 Å². The molecule has 1 rings (SSSR count). The Hall–Kier alpha value is -1.66. The Balaban J connectivity index is 2.28. The van der Waals surface area contributed by atoms with Crippen LogP contribution in [0.3, 0.4) is 0 Å². The molecule has 0 saturated heterocycles. The van der Waals surface area contributed by atoms with Gasteiger partial charge in [-0.3, -0.25) is 4.79 Å². The number of hydrogen-bond acceptors (Lipinski definition) is 4. The fourth-order valence-corrected chi connectivity index (χ4v) is 1.94. The van der Waals surface area contributed by atoms with E-state index in [1.807, 2.05) is 0 Å². The Bertz CT molecular complexity index is 458. The molecule has 3 N–H and O–H groups in total. The normalized spacial score (nSPS) is 10.4. The van der Waals surface area contributed by atoms with Crippen molar-refractivity contribution >= 4 is 23.1 Å². The van der Waals surface area contributed by atoms with Gasteiger partial charge in [0.1, 0.15) is 10.7 Å². The van der Waals surface area contributed by atoms with Gasteiger partial charge in [-0.1, -0.05) is 26.1 Å². The molecule has 6 heteroatoms. The number of benzene rings is 1. The molecule has 0 atom stereocenters. The predicted molar refractivity (Wildman–Crippen MR) is 88.6 cm³/mol. The van der Waals surface area contributed by atoms with E-state index in [1.54, 1.807) is 24.3 Å². The van der Waals surface area contributed by atoms with Crippen molar-refractivity contribution in [3.63, 3.8) is 0 Å². The molecular formula is C15H23N3O2S. The van der Waals surface area contributed by atoms with Gasteiger partial charge in [-0.25, -0.2) is 0 Å². The minimum absolute atomic E-state index is 0.00463. The highest BCUT2D eigenvalue weighted by molar-refractivity contribution is 7.80. The molecule has 1 aromatic rings. The second-order valence-electron chi connectivity index (χ2n) is 4.55. The molecule has 0 aromatic heterocycles. The zero-order valence-corrected chi connectivity index (χ0v) is 13.4. The summed E-state index contributed by atoms with van der Waals surface area (Å²) < 4.78 is 5.40. The first kappa shape index (κ1) is 17.4. The van der Waals surface area contributed by atoms with Gasteiger partial charge in [0.25, 0.3) is 5.91 Å². The summed E-state index contributed by atoms with van der Waals surface area (Å²) in [5.41, 5.74) is 6.29. The Morgan fingerprint density at radius 3 is 2.43 bits per heavy atom. The third kappa shape index (κ3) is 6.55. The molecule has 0 saturated carbocycles. The second-order valence-corrected chi connectivity index (χ2v) is 4.99. The van der Waals surface area contributed by atoms with Gasteiger partial charge in [-0.05, 0) is 37.4 Å². The lowest BCUT2D eigenvalue weighted by molar-refractivity contribution is -0.123. The standard InChI is InChI=1S/C15H23N3O2S/c1-3-18(4-2)10-9-17-14(19)11-20-13-7-5-12(6-8-13)15(16)21/h5-8H,3-4,9-11H2,1-2H3,(H2,16,21)(H,17,19). The maximum Gasteiger partial charge on any atom is 0.257 e. The SMILES string of the molecule is CCN(CC)CCNC(=O)COc1ccc(C(N)=S)cc1. The maximum atomic E-state index is 11.7. The number of nitrogens with two attached hydrogens (primary N) is 1. The average molecular weight is 309 g/mol. The number of ether oxygens (including phenoxy) is 1. The van der Waals surface area contributed by atoms with Crippen LogP contribution in [0.5, 0.6) is 5.75 Å². The summed E-state index contributed by atoms with van der Waals surface area (Å²) >= 11 is 4.87. The van der Waals surface area contributed by atoms with Crippen LogP contribution in [0, 0.1) is 0 Å². The van der Waals surface area contributed by atoms with E-state index in [4.69, 9.17) is 22.7 Å². The first-order valence-electron chi connectivity index (χ1n) is 7.08. The van der Waals surface area contributed by atoms with Crippen LogP contribution in [0.25, 0.3) is 0 Å². The topological polar surface area (TPSA) is 67.6 Å². The van der Waals surface area contributed by atoms with E-state index >= 15 is 0 Å². The zero-order valence-electron chi connectivity index (χ0n) is 12.6. The molecule has 116 valence electrons. The molecule has 0 heterocycles. The first-order chi connectivity index (χ1) is 10.1. The van der Waals surface area contributed by atoms with E-state index in [0.29, 0.717) is 17.3 Å². The highest BCUT2D eigenvalue weighted by Crippen LogP contribution is 2.11. The summed E-state index contributed by atoms with van der Waals surface area (Å²) in [5.74, 6) is 0.495. The molecule has 0 unspecified atom stereocenters. The van der Waals surface area contributed by atoms with E-state index in [0.717, 1.165) is 25.2 Å². The summed E-state index contributed by atoms with van der Waals surface area (Å²) in [6.45, 7) is 7.66. The van der Waals surface area contributed by atoms with E-state index in [-0.39, 0.29) is 12.5 Å². The van der Waals surface area contributed by atoms with Gasteiger partial charge in [-0.2, -0.15) is 0 Å². The number of carbonyl (C=O) groups is 1. The van der Waals surface area contributed by atoms with Gasteiger partial charge in [0.05, 0.1) is 0 Å². The van der Waals surface area contributed by atoms with Crippen molar-refractivity contribution < 1.29 is 9.53 Å². The van der Waals surface area contributed by atoms with Crippen molar-refractivity contribution in [3.05, 3.63) is 29.8 Å². The smallest absolute Gasteiger partial charge is 0.257 e. The molecule has 0 aliphatic carbocycles. The van der Waals surface area contributed by atoms with Crippen LogP contribution in [0.15, 0.2) is 24.3 Å². The summed E-state index contributed by atoms with van der Waals surface area (Å²) in [4.78, 5) is 14.2. The molecular weight excluding hydrogens is 286 g/mol. The number of amides is 1. The first-order valence-corrected chi connectivity index (χ1v) is 7.49. The summed E-state index contributed by atoms with van der Waals surface area (Å²) in [7, 11) is 0. The molecule has 0 spiro atoms. The van der Waals surface area contributed by atoms with Crippen molar-refractivity contribution in [1.82, 2.24) is 10.2 Å². The Morgan fingerprint density at radius 2 is 1.90 bits per heavy atom. The Labute approximate surface area is 131 Å². The van der Waals surface area contributed by atoms with Gasteiger partial charge in [0.2, 0.25) is 0 Å². The minimum Gasteiger partial charge on any atom is -0.484 e. The van der Waals surface area contributed by atoms with Crippen molar-refractivity contribution in [3.8, 4) is 5.75 Å². The number of rotatable bonds is 9. The van der Waals surface area contributed by atoms with Crippen molar-refractivity contribution in [1.29, 1.82) is 0 Å². The van der Waals surface area contributed by atoms with E-state index in [9.17, 15) is 4.79 Å². The number of nitrogens with zero attached hydrogens (tertiary/aromatic N) is 1. The number of carbonyl (C=O) groups excluding carboxylic acids is 1. The van der Waals surface area contributed by atoms with Crippen LogP contribution in [0.4, 0.5) is 0 Å². The van der Waals surface area contributed by atoms with Gasteiger partial charge >= 0.3 is 0 Å². The van der Waals surface area contributed by atoms with Crippen LogP contribution in [-0.2, 0) is 4.79 Å². The number of hydrogen-bond donors (Lipinski definition) is 2. The fourth-order valence-electron chi connectivity index (χ4n) is 1.81. The minimum atomic E-state index is -0.124.